The Kier molecular flexibility index (Phi) is 5.38. The first-order valence-electron chi connectivity index (χ1n) is 7.12. The first kappa shape index (κ1) is 18.0. The summed E-state index contributed by atoms with van der Waals surface area (Å²) in [7, 11) is 5.22. The Balaban J connectivity index is 2.51. The van der Waals surface area contributed by atoms with E-state index in [1.165, 1.54) is 28.4 Å². The van der Waals surface area contributed by atoms with E-state index < -0.39 is 17.8 Å². The van der Waals surface area contributed by atoms with E-state index in [1.54, 1.807) is 24.3 Å². The van der Waals surface area contributed by atoms with Crippen LogP contribution in [0.5, 0.6) is 5.75 Å². The molecular formula is C16H17N3O6. The van der Waals surface area contributed by atoms with Gasteiger partial charge in [-0.3, -0.25) is 9.48 Å². The van der Waals surface area contributed by atoms with Crippen LogP contribution >= 0.6 is 0 Å². The number of carbonyl (C=O) groups excluding carboxylic acids is 3. The van der Waals surface area contributed by atoms with Crippen LogP contribution in [-0.4, -0.2) is 49.0 Å². The number of amides is 1. The maximum absolute atomic E-state index is 12.6. The van der Waals surface area contributed by atoms with Gasteiger partial charge in [-0.25, -0.2) is 9.59 Å². The number of hydrogen-bond donors (Lipinski definition) is 1. The highest BCUT2D eigenvalue weighted by molar-refractivity contribution is 6.12. The van der Waals surface area contributed by atoms with Crippen molar-refractivity contribution in [2.45, 2.75) is 0 Å². The summed E-state index contributed by atoms with van der Waals surface area (Å²) in [6.07, 6.45) is 0. The molecule has 1 N–H and O–H groups in total. The number of nitrogens with zero attached hydrogens (tertiary/aromatic N) is 2. The van der Waals surface area contributed by atoms with Gasteiger partial charge in [0.05, 0.1) is 26.9 Å². The van der Waals surface area contributed by atoms with Gasteiger partial charge in [-0.1, -0.05) is 12.1 Å². The molecule has 1 heterocycles. The number of esters is 2. The summed E-state index contributed by atoms with van der Waals surface area (Å²) in [6.45, 7) is 0. The minimum Gasteiger partial charge on any atom is -0.496 e. The molecule has 0 aliphatic rings. The molecule has 2 rings (SSSR count). The standard InChI is InChI=1S/C16H17N3O6/c1-19-13(16(22)25-4)11(12(18-19)15(21)24-3)17-14(20)9-7-5-6-8-10(9)23-2/h5-8H,1-4H3,(H,17,20). The van der Waals surface area contributed by atoms with Crippen molar-refractivity contribution in [3.05, 3.63) is 41.2 Å². The smallest absolute Gasteiger partial charge is 0.360 e. The van der Waals surface area contributed by atoms with Gasteiger partial charge in [-0.2, -0.15) is 5.10 Å². The number of para-hydroxylation sites is 1. The molecule has 0 saturated carbocycles. The molecule has 1 aromatic heterocycles. The highest BCUT2D eigenvalue weighted by atomic mass is 16.5. The lowest BCUT2D eigenvalue weighted by Gasteiger charge is -2.10. The van der Waals surface area contributed by atoms with E-state index in [1.807, 2.05) is 0 Å². The number of carbonyl (C=O) groups is 3. The van der Waals surface area contributed by atoms with Gasteiger partial charge >= 0.3 is 11.9 Å². The van der Waals surface area contributed by atoms with Crippen molar-refractivity contribution in [2.75, 3.05) is 26.6 Å². The topological polar surface area (TPSA) is 109 Å². The zero-order chi connectivity index (χ0) is 18.6. The Morgan fingerprint density at radius 2 is 1.68 bits per heavy atom. The number of nitrogens with one attached hydrogen (secondary N) is 1. The van der Waals surface area contributed by atoms with Crippen LogP contribution in [-0.2, 0) is 16.5 Å². The van der Waals surface area contributed by atoms with Gasteiger partial charge in [0, 0.05) is 7.05 Å². The number of rotatable bonds is 5. The van der Waals surface area contributed by atoms with E-state index in [9.17, 15) is 14.4 Å². The molecular weight excluding hydrogens is 330 g/mol. The normalized spacial score (nSPS) is 10.1. The van der Waals surface area contributed by atoms with Gasteiger partial charge in [-0.05, 0) is 12.1 Å². The van der Waals surface area contributed by atoms with Crippen LogP contribution in [0.15, 0.2) is 24.3 Å². The lowest BCUT2D eigenvalue weighted by Crippen LogP contribution is -2.18. The van der Waals surface area contributed by atoms with E-state index in [0.29, 0.717) is 5.75 Å². The molecule has 132 valence electrons. The van der Waals surface area contributed by atoms with Gasteiger partial charge in [0.25, 0.3) is 5.91 Å². The highest BCUT2D eigenvalue weighted by Crippen LogP contribution is 2.25. The van der Waals surface area contributed by atoms with E-state index in [4.69, 9.17) is 4.74 Å². The zero-order valence-electron chi connectivity index (χ0n) is 14.2. The van der Waals surface area contributed by atoms with Crippen molar-refractivity contribution in [3.8, 4) is 5.75 Å². The molecule has 1 aromatic carbocycles. The molecule has 0 bridgehead atoms. The first-order valence-corrected chi connectivity index (χ1v) is 7.12. The molecule has 2 aromatic rings. The summed E-state index contributed by atoms with van der Waals surface area (Å²) < 4.78 is 15.6. The Bertz CT molecular complexity index is 827. The Morgan fingerprint density at radius 1 is 1.04 bits per heavy atom. The fraction of sp³-hybridized carbons (Fsp3) is 0.250. The molecule has 9 heteroatoms. The Morgan fingerprint density at radius 3 is 2.28 bits per heavy atom. The Hall–Kier alpha value is -3.36. The summed E-state index contributed by atoms with van der Waals surface area (Å²) in [5.41, 5.74) is -0.183. The monoisotopic (exact) mass is 347 g/mol. The largest absolute Gasteiger partial charge is 0.496 e. The van der Waals surface area contributed by atoms with Crippen LogP contribution in [0.4, 0.5) is 5.69 Å². The van der Waals surface area contributed by atoms with Gasteiger partial charge in [0.2, 0.25) is 0 Å². The Labute approximate surface area is 143 Å². The molecule has 0 spiro atoms. The summed E-state index contributed by atoms with van der Waals surface area (Å²) >= 11 is 0. The molecule has 1 amide bonds. The van der Waals surface area contributed by atoms with E-state index in [0.717, 1.165) is 4.68 Å². The van der Waals surface area contributed by atoms with Gasteiger partial charge in [0.1, 0.15) is 11.4 Å². The third-order valence-electron chi connectivity index (χ3n) is 3.39. The molecule has 25 heavy (non-hydrogen) atoms. The van der Waals surface area contributed by atoms with Gasteiger partial charge in [-0.15, -0.1) is 0 Å². The number of anilines is 1. The predicted molar refractivity (Wildman–Crippen MR) is 86.8 cm³/mol. The number of ether oxygens (including phenoxy) is 3. The molecule has 0 aliphatic heterocycles. The summed E-state index contributed by atoms with van der Waals surface area (Å²) in [5.74, 6) is -1.81. The average Bonchev–Trinajstić information content (AvgIpc) is 2.96. The van der Waals surface area contributed by atoms with Crippen molar-refractivity contribution in [2.24, 2.45) is 7.05 Å². The van der Waals surface area contributed by atoms with Crippen molar-refractivity contribution in [3.63, 3.8) is 0 Å². The van der Waals surface area contributed by atoms with Crippen molar-refractivity contribution in [1.82, 2.24) is 9.78 Å². The molecule has 9 nitrogen and oxygen atoms in total. The average molecular weight is 347 g/mol. The summed E-state index contributed by atoms with van der Waals surface area (Å²) in [5, 5.41) is 6.45. The third-order valence-corrected chi connectivity index (χ3v) is 3.39. The minimum absolute atomic E-state index is 0.0915. The fourth-order valence-electron chi connectivity index (χ4n) is 2.23. The lowest BCUT2D eigenvalue weighted by atomic mass is 10.1. The van der Waals surface area contributed by atoms with Crippen LogP contribution in [0.25, 0.3) is 0 Å². The molecule has 0 radical (unpaired) electrons. The predicted octanol–water partition coefficient (Wildman–Crippen LogP) is 1.25. The van der Waals surface area contributed by atoms with E-state index in [-0.39, 0.29) is 22.6 Å². The van der Waals surface area contributed by atoms with Gasteiger partial charge < -0.3 is 19.5 Å². The molecule has 0 atom stereocenters. The maximum Gasteiger partial charge on any atom is 0.360 e. The molecule has 0 aliphatic carbocycles. The van der Waals surface area contributed by atoms with Crippen LogP contribution < -0.4 is 10.1 Å². The lowest BCUT2D eigenvalue weighted by molar-refractivity contribution is 0.0583. The highest BCUT2D eigenvalue weighted by Gasteiger charge is 2.29. The minimum atomic E-state index is -0.805. The van der Waals surface area contributed by atoms with Crippen LogP contribution in [0.1, 0.15) is 31.3 Å². The van der Waals surface area contributed by atoms with Crippen LogP contribution in [0, 0.1) is 0 Å². The number of hydrogen-bond acceptors (Lipinski definition) is 7. The summed E-state index contributed by atoms with van der Waals surface area (Å²) in [4.78, 5) is 36.5. The second kappa shape index (κ2) is 7.47. The summed E-state index contributed by atoms with van der Waals surface area (Å²) in [6, 6.07) is 6.52. The van der Waals surface area contributed by atoms with Gasteiger partial charge in [0.15, 0.2) is 11.4 Å². The first-order chi connectivity index (χ1) is 11.9. The number of aryl methyl sites for hydroxylation is 1. The second-order valence-electron chi connectivity index (χ2n) is 4.83. The van der Waals surface area contributed by atoms with Crippen LogP contribution in [0.2, 0.25) is 0 Å². The SMILES string of the molecule is COC(=O)c1nn(C)c(C(=O)OC)c1NC(=O)c1ccccc1OC. The van der Waals surface area contributed by atoms with Crippen LogP contribution in [0.3, 0.4) is 0 Å². The molecule has 0 fully saturated rings. The maximum atomic E-state index is 12.6. The fourth-order valence-corrected chi connectivity index (χ4v) is 2.23. The third kappa shape index (κ3) is 3.44. The molecule has 0 saturated heterocycles. The number of methoxy groups -OCH3 is 3. The van der Waals surface area contributed by atoms with E-state index in [2.05, 4.69) is 19.9 Å². The van der Waals surface area contributed by atoms with E-state index >= 15 is 0 Å². The second-order valence-corrected chi connectivity index (χ2v) is 4.83. The molecule has 0 unspecified atom stereocenters. The zero-order valence-corrected chi connectivity index (χ0v) is 14.2. The van der Waals surface area contributed by atoms with Crippen molar-refractivity contribution < 1.29 is 28.6 Å². The van der Waals surface area contributed by atoms with Crippen molar-refractivity contribution in [1.29, 1.82) is 0 Å². The number of benzene rings is 1. The quantitative estimate of drug-likeness (QED) is 0.811. The van der Waals surface area contributed by atoms with Crippen molar-refractivity contribution >= 4 is 23.5 Å². The number of aromatic nitrogens is 2.